The van der Waals surface area contributed by atoms with Crippen LogP contribution in [0.4, 0.5) is 0 Å². The van der Waals surface area contributed by atoms with Gasteiger partial charge in [-0.05, 0) is 49.1 Å². The molecule has 1 saturated heterocycles. The van der Waals surface area contributed by atoms with Crippen LogP contribution in [-0.4, -0.2) is 41.5 Å². The van der Waals surface area contributed by atoms with E-state index in [4.69, 9.17) is 15.2 Å². The first kappa shape index (κ1) is 24.0. The molecule has 1 aromatic carbocycles. The molecule has 3 rings (SSSR count). The molecule has 1 fully saturated rings. The highest BCUT2D eigenvalue weighted by molar-refractivity contribution is 5.85. The summed E-state index contributed by atoms with van der Waals surface area (Å²) in [5.41, 5.74) is 5.83. The number of amides is 1. The molecule has 1 aromatic heterocycles. The quantitative estimate of drug-likeness (QED) is 0.760. The van der Waals surface area contributed by atoms with E-state index in [-0.39, 0.29) is 43.4 Å². The molecule has 1 aliphatic heterocycles. The van der Waals surface area contributed by atoms with Gasteiger partial charge in [-0.3, -0.25) is 4.79 Å². The van der Waals surface area contributed by atoms with Gasteiger partial charge in [0.25, 0.3) is 5.91 Å². The zero-order chi connectivity index (χ0) is 18.4. The number of rotatable bonds is 6. The van der Waals surface area contributed by atoms with E-state index in [2.05, 4.69) is 11.9 Å². The number of pyridine rings is 1. The number of nitrogens with zero attached hydrogens (tertiary/aromatic N) is 2. The molecule has 2 unspecified atom stereocenters. The smallest absolute Gasteiger partial charge is 0.260 e. The lowest BCUT2D eigenvalue weighted by Crippen LogP contribution is -2.50. The van der Waals surface area contributed by atoms with Gasteiger partial charge < -0.3 is 20.1 Å². The fourth-order valence-electron chi connectivity index (χ4n) is 3.16. The average molecular weight is 428 g/mol. The second-order valence-corrected chi connectivity index (χ2v) is 6.64. The van der Waals surface area contributed by atoms with Crippen LogP contribution in [0.5, 0.6) is 17.4 Å². The highest BCUT2D eigenvalue weighted by Gasteiger charge is 2.28. The molecule has 2 atom stereocenters. The molecule has 2 heterocycles. The van der Waals surface area contributed by atoms with Crippen LogP contribution in [0.1, 0.15) is 19.8 Å². The van der Waals surface area contributed by atoms with Crippen molar-refractivity contribution < 1.29 is 14.3 Å². The first-order valence-corrected chi connectivity index (χ1v) is 8.97. The number of carbonyl (C=O) groups excluding carboxylic acids is 1. The molecule has 0 saturated carbocycles. The lowest BCUT2D eigenvalue weighted by atomic mass is 9.92. The normalized spacial score (nSPS) is 18.4. The minimum absolute atomic E-state index is 0. The monoisotopic (exact) mass is 427 g/mol. The molecule has 0 radical (unpaired) electrons. The van der Waals surface area contributed by atoms with E-state index in [0.717, 1.165) is 19.4 Å². The second kappa shape index (κ2) is 11.7. The molecular formula is C20H27Cl2N3O3. The summed E-state index contributed by atoms with van der Waals surface area (Å²) in [6.45, 7) is 3.47. The minimum atomic E-state index is -0.0128. The Hall–Kier alpha value is -2.02. The Bertz CT molecular complexity index is 716. The first-order chi connectivity index (χ1) is 12.7. The van der Waals surface area contributed by atoms with E-state index in [1.807, 2.05) is 17.0 Å². The summed E-state index contributed by atoms with van der Waals surface area (Å²) in [7, 11) is 0. The SMILES string of the molecule is CC1CCN(C(=O)COc2ccc(Oc3ccccn3)cc2)C(CN)C1.Cl.Cl. The maximum Gasteiger partial charge on any atom is 0.260 e. The topological polar surface area (TPSA) is 77.7 Å². The maximum atomic E-state index is 12.5. The summed E-state index contributed by atoms with van der Waals surface area (Å²) >= 11 is 0. The molecule has 2 aromatic rings. The zero-order valence-corrected chi connectivity index (χ0v) is 17.5. The Balaban J connectivity index is 0.00000196. The van der Waals surface area contributed by atoms with Crippen molar-refractivity contribution in [1.29, 1.82) is 0 Å². The van der Waals surface area contributed by atoms with Crippen LogP contribution in [0.2, 0.25) is 0 Å². The van der Waals surface area contributed by atoms with Crippen molar-refractivity contribution in [2.24, 2.45) is 11.7 Å². The third kappa shape index (κ3) is 6.55. The predicted molar refractivity (Wildman–Crippen MR) is 114 cm³/mol. The summed E-state index contributed by atoms with van der Waals surface area (Å²) < 4.78 is 11.3. The van der Waals surface area contributed by atoms with E-state index in [9.17, 15) is 4.79 Å². The van der Waals surface area contributed by atoms with Crippen molar-refractivity contribution in [3.8, 4) is 17.4 Å². The van der Waals surface area contributed by atoms with Crippen LogP contribution in [0.3, 0.4) is 0 Å². The lowest BCUT2D eigenvalue weighted by Gasteiger charge is -2.37. The van der Waals surface area contributed by atoms with E-state index < -0.39 is 0 Å². The van der Waals surface area contributed by atoms with Crippen molar-refractivity contribution in [3.63, 3.8) is 0 Å². The zero-order valence-electron chi connectivity index (χ0n) is 15.8. The van der Waals surface area contributed by atoms with Gasteiger partial charge in [0.15, 0.2) is 6.61 Å². The van der Waals surface area contributed by atoms with Gasteiger partial charge in [0, 0.05) is 31.4 Å². The summed E-state index contributed by atoms with van der Waals surface area (Å²) in [4.78, 5) is 18.4. The third-order valence-corrected chi connectivity index (χ3v) is 4.62. The lowest BCUT2D eigenvalue weighted by molar-refractivity contribution is -0.137. The number of nitrogens with two attached hydrogens (primary N) is 1. The molecule has 0 bridgehead atoms. The summed E-state index contributed by atoms with van der Waals surface area (Å²) in [6.07, 6.45) is 3.65. The fraction of sp³-hybridized carbons (Fsp3) is 0.400. The van der Waals surface area contributed by atoms with Crippen LogP contribution in [0, 0.1) is 5.92 Å². The number of halogens is 2. The van der Waals surface area contributed by atoms with Crippen molar-refractivity contribution in [2.45, 2.75) is 25.8 Å². The predicted octanol–water partition coefficient (Wildman–Crippen LogP) is 3.68. The Kier molecular flexibility index (Phi) is 10.1. The molecule has 8 heteroatoms. The second-order valence-electron chi connectivity index (χ2n) is 6.64. The largest absolute Gasteiger partial charge is 0.484 e. The van der Waals surface area contributed by atoms with Gasteiger partial charge in [0.05, 0.1) is 0 Å². The van der Waals surface area contributed by atoms with Gasteiger partial charge in [-0.25, -0.2) is 4.98 Å². The number of piperidine rings is 1. The number of likely N-dealkylation sites (tertiary alicyclic amines) is 1. The summed E-state index contributed by atoms with van der Waals surface area (Å²) in [5.74, 6) is 2.42. The molecule has 154 valence electrons. The third-order valence-electron chi connectivity index (χ3n) is 4.62. The van der Waals surface area contributed by atoms with Crippen molar-refractivity contribution in [3.05, 3.63) is 48.7 Å². The minimum Gasteiger partial charge on any atom is -0.484 e. The molecule has 1 amide bonds. The summed E-state index contributed by atoms with van der Waals surface area (Å²) in [5, 5.41) is 0. The Morgan fingerprint density at radius 1 is 1.18 bits per heavy atom. The first-order valence-electron chi connectivity index (χ1n) is 8.97. The number of benzene rings is 1. The van der Waals surface area contributed by atoms with Gasteiger partial charge in [0.1, 0.15) is 11.5 Å². The van der Waals surface area contributed by atoms with Gasteiger partial charge in [-0.1, -0.05) is 13.0 Å². The van der Waals surface area contributed by atoms with Crippen LogP contribution in [0.25, 0.3) is 0 Å². The average Bonchev–Trinajstić information content (AvgIpc) is 2.68. The highest BCUT2D eigenvalue weighted by Crippen LogP contribution is 2.24. The highest BCUT2D eigenvalue weighted by atomic mass is 35.5. The van der Waals surface area contributed by atoms with Gasteiger partial charge in [-0.15, -0.1) is 24.8 Å². The van der Waals surface area contributed by atoms with Gasteiger partial charge in [0.2, 0.25) is 5.88 Å². The number of hydrogen-bond acceptors (Lipinski definition) is 5. The summed E-state index contributed by atoms with van der Waals surface area (Å²) in [6, 6.07) is 12.7. The van der Waals surface area contributed by atoms with E-state index in [0.29, 0.717) is 29.8 Å². The van der Waals surface area contributed by atoms with Gasteiger partial charge >= 0.3 is 0 Å². The fourth-order valence-corrected chi connectivity index (χ4v) is 3.16. The Morgan fingerprint density at radius 2 is 1.89 bits per heavy atom. The maximum absolute atomic E-state index is 12.5. The Morgan fingerprint density at radius 3 is 2.54 bits per heavy atom. The standard InChI is InChI=1S/C20H25N3O3.2ClH/c1-15-9-11-23(16(12-15)13-21)20(24)14-25-17-5-7-18(8-6-17)26-19-4-2-3-10-22-19;;/h2-8,10,15-16H,9,11-14,21H2,1H3;2*1H. The van der Waals surface area contributed by atoms with E-state index >= 15 is 0 Å². The van der Waals surface area contributed by atoms with Crippen LogP contribution < -0.4 is 15.2 Å². The molecule has 0 aliphatic carbocycles. The van der Waals surface area contributed by atoms with Crippen LogP contribution >= 0.6 is 24.8 Å². The van der Waals surface area contributed by atoms with Crippen molar-refractivity contribution in [2.75, 3.05) is 19.7 Å². The van der Waals surface area contributed by atoms with E-state index in [1.54, 1.807) is 36.5 Å². The molecule has 2 N–H and O–H groups in total. The van der Waals surface area contributed by atoms with E-state index in [1.165, 1.54) is 0 Å². The molecule has 28 heavy (non-hydrogen) atoms. The number of hydrogen-bond donors (Lipinski definition) is 1. The van der Waals surface area contributed by atoms with Gasteiger partial charge in [-0.2, -0.15) is 0 Å². The van der Waals surface area contributed by atoms with Crippen LogP contribution in [0.15, 0.2) is 48.7 Å². The molecule has 6 nitrogen and oxygen atoms in total. The van der Waals surface area contributed by atoms with Crippen LogP contribution in [-0.2, 0) is 4.79 Å². The van der Waals surface area contributed by atoms with Crippen molar-refractivity contribution in [1.82, 2.24) is 9.88 Å². The Labute approximate surface area is 178 Å². The number of aromatic nitrogens is 1. The number of ether oxygens (including phenoxy) is 2. The molecule has 1 aliphatic rings. The van der Waals surface area contributed by atoms with Crippen molar-refractivity contribution >= 4 is 30.7 Å². The number of carbonyl (C=O) groups is 1. The molecular weight excluding hydrogens is 401 g/mol. The molecule has 0 spiro atoms.